The molecule has 2 amide bonds. The van der Waals surface area contributed by atoms with E-state index in [4.69, 9.17) is 9.47 Å². The number of carbonyl (C=O) groups is 3. The van der Waals surface area contributed by atoms with Crippen LogP contribution in [0.2, 0.25) is 0 Å². The summed E-state index contributed by atoms with van der Waals surface area (Å²) in [6.07, 6.45) is 0. The fraction of sp³-hybridized carbons (Fsp3) is 0.226. The second-order valence-corrected chi connectivity index (χ2v) is 13.1. The van der Waals surface area contributed by atoms with E-state index in [0.717, 1.165) is 26.9 Å². The molecule has 214 valence electrons. The van der Waals surface area contributed by atoms with Gasteiger partial charge in [0.2, 0.25) is 11.8 Å². The molecule has 2 aliphatic heterocycles. The highest BCUT2D eigenvalue weighted by atomic mass is 79.9. The average molecular weight is 666 g/mol. The summed E-state index contributed by atoms with van der Waals surface area (Å²) in [6.45, 7) is 4.29. The van der Waals surface area contributed by atoms with Crippen LogP contribution in [0.1, 0.15) is 44.8 Å². The molecule has 4 aromatic rings. The minimum Gasteiger partial charge on any atom is -0.489 e. The predicted octanol–water partition coefficient (Wildman–Crippen LogP) is 6.06. The molecular formula is C31H25BrN2O6S2. The lowest BCUT2D eigenvalue weighted by Gasteiger charge is -2.31. The molecule has 0 spiro atoms. The zero-order valence-electron chi connectivity index (χ0n) is 22.6. The first-order valence-electron chi connectivity index (χ1n) is 13.3. The maximum Gasteiger partial charge on any atom is 0.338 e. The molecule has 3 aromatic carbocycles. The van der Waals surface area contributed by atoms with Crippen molar-refractivity contribution < 1.29 is 23.9 Å². The second-order valence-electron chi connectivity index (χ2n) is 9.99. The third kappa shape index (κ3) is 5.21. The van der Waals surface area contributed by atoms with Crippen molar-refractivity contribution in [1.29, 1.82) is 0 Å². The Bertz CT molecular complexity index is 1770. The van der Waals surface area contributed by atoms with Gasteiger partial charge in [-0.2, -0.15) is 0 Å². The van der Waals surface area contributed by atoms with Crippen LogP contribution in [-0.2, 0) is 20.9 Å². The first-order valence-corrected chi connectivity index (χ1v) is 15.8. The number of thiazole rings is 1. The Labute approximate surface area is 258 Å². The first-order chi connectivity index (χ1) is 20.2. The van der Waals surface area contributed by atoms with Crippen molar-refractivity contribution in [3.8, 4) is 5.75 Å². The van der Waals surface area contributed by atoms with Gasteiger partial charge in [0.15, 0.2) is 0 Å². The molecule has 0 saturated carbocycles. The van der Waals surface area contributed by atoms with Gasteiger partial charge in [-0.1, -0.05) is 68.9 Å². The largest absolute Gasteiger partial charge is 0.489 e. The van der Waals surface area contributed by atoms with Gasteiger partial charge in [0, 0.05) is 20.8 Å². The van der Waals surface area contributed by atoms with E-state index in [9.17, 15) is 19.2 Å². The van der Waals surface area contributed by atoms with Gasteiger partial charge in [-0.3, -0.25) is 14.4 Å². The number of amides is 2. The number of benzene rings is 3. The number of H-pyrrole nitrogens is 1. The number of aromatic amines is 1. The fourth-order valence-corrected chi connectivity index (χ4v) is 8.31. The molecular weight excluding hydrogens is 640 g/mol. The Morgan fingerprint density at radius 2 is 1.81 bits per heavy atom. The predicted molar refractivity (Wildman–Crippen MR) is 164 cm³/mol. The number of anilines is 1. The summed E-state index contributed by atoms with van der Waals surface area (Å²) in [4.78, 5) is 57.1. The molecule has 0 aliphatic carbocycles. The van der Waals surface area contributed by atoms with Crippen LogP contribution >= 0.6 is 39.0 Å². The minimum atomic E-state index is -0.776. The number of rotatable bonds is 7. The number of halogens is 1. The van der Waals surface area contributed by atoms with Crippen LogP contribution in [0, 0.1) is 12.8 Å². The summed E-state index contributed by atoms with van der Waals surface area (Å²) in [5.41, 5.74) is 3.52. The zero-order valence-corrected chi connectivity index (χ0v) is 25.8. The van der Waals surface area contributed by atoms with Crippen molar-refractivity contribution in [3.05, 3.63) is 108 Å². The molecule has 3 heterocycles. The van der Waals surface area contributed by atoms with Gasteiger partial charge >= 0.3 is 10.8 Å². The Balaban J connectivity index is 1.39. The molecule has 0 unspecified atom stereocenters. The van der Waals surface area contributed by atoms with Crippen LogP contribution in [0.4, 0.5) is 5.69 Å². The minimum absolute atomic E-state index is 0.240. The number of hydrogen-bond donors (Lipinski definition) is 1. The molecule has 6 rings (SSSR count). The monoisotopic (exact) mass is 664 g/mol. The molecule has 2 aliphatic rings. The smallest absolute Gasteiger partial charge is 0.338 e. The third-order valence-corrected chi connectivity index (χ3v) is 10.1. The number of imide groups is 1. The van der Waals surface area contributed by atoms with E-state index in [-0.39, 0.29) is 23.3 Å². The van der Waals surface area contributed by atoms with Crippen molar-refractivity contribution in [2.75, 3.05) is 11.5 Å². The lowest BCUT2D eigenvalue weighted by molar-refractivity contribution is -0.122. The normalized spacial score (nSPS) is 19.4. The summed E-state index contributed by atoms with van der Waals surface area (Å²) >= 11 is 5.82. The fourth-order valence-electron chi connectivity index (χ4n) is 5.42. The van der Waals surface area contributed by atoms with Gasteiger partial charge in [-0.05, 0) is 61.9 Å². The number of fused-ring (bicyclic) bond motifs is 2. The number of nitrogens with one attached hydrogen (secondary N) is 1. The van der Waals surface area contributed by atoms with Crippen molar-refractivity contribution >= 4 is 62.5 Å². The average Bonchev–Trinajstić information content (AvgIpc) is 3.46. The molecule has 3 atom stereocenters. The molecule has 1 saturated heterocycles. The Kier molecular flexibility index (Phi) is 7.82. The van der Waals surface area contributed by atoms with Gasteiger partial charge in [0.1, 0.15) is 17.6 Å². The molecule has 11 heteroatoms. The number of aryl methyl sites for hydroxylation is 1. The van der Waals surface area contributed by atoms with Gasteiger partial charge in [0.25, 0.3) is 0 Å². The molecule has 1 fully saturated rings. The highest BCUT2D eigenvalue weighted by molar-refractivity contribution is 9.10. The summed E-state index contributed by atoms with van der Waals surface area (Å²) in [5, 5.41) is -0.171. The number of ether oxygens (including phenoxy) is 2. The summed E-state index contributed by atoms with van der Waals surface area (Å²) in [6, 6.07) is 19.9. The van der Waals surface area contributed by atoms with Gasteiger partial charge in [-0.15, -0.1) is 0 Å². The highest BCUT2D eigenvalue weighted by Crippen LogP contribution is 2.54. The van der Waals surface area contributed by atoms with Crippen molar-refractivity contribution in [2.24, 2.45) is 5.92 Å². The first kappa shape index (κ1) is 28.4. The Hall–Kier alpha value is -3.67. The van der Waals surface area contributed by atoms with E-state index in [2.05, 4.69) is 20.9 Å². The number of aromatic nitrogens is 1. The standard InChI is InChI=1S/C31H25BrN2O6S2/c1-3-39-30(37)18-7-10-20(11-8-18)34-28(35)24-23(25-27(33-31(38)42-25)41-26(24)29(34)36)21-14-19(32)9-12-22(21)40-15-17-6-4-5-16(2)13-17/h4-14,23-24,26H,3,15H2,1-2H3,(H,33,38)/t23-,24-,26+/m0/s1. The molecule has 0 bridgehead atoms. The lowest BCUT2D eigenvalue weighted by Crippen LogP contribution is -2.32. The maximum atomic E-state index is 14.1. The molecule has 8 nitrogen and oxygen atoms in total. The quantitative estimate of drug-likeness (QED) is 0.189. The van der Waals surface area contributed by atoms with Crippen molar-refractivity contribution in [2.45, 2.75) is 36.6 Å². The van der Waals surface area contributed by atoms with Crippen LogP contribution in [0.3, 0.4) is 0 Å². The molecule has 42 heavy (non-hydrogen) atoms. The summed E-state index contributed by atoms with van der Waals surface area (Å²) in [7, 11) is 0. The van der Waals surface area contributed by atoms with E-state index < -0.39 is 23.1 Å². The van der Waals surface area contributed by atoms with Crippen molar-refractivity contribution in [3.63, 3.8) is 0 Å². The molecule has 1 N–H and O–H groups in total. The van der Waals surface area contributed by atoms with Crippen LogP contribution in [0.5, 0.6) is 5.75 Å². The Morgan fingerprint density at radius 1 is 1.02 bits per heavy atom. The second kappa shape index (κ2) is 11.5. The molecule has 1 aromatic heterocycles. The molecule has 0 radical (unpaired) electrons. The maximum absolute atomic E-state index is 14.1. The third-order valence-electron chi connectivity index (χ3n) is 7.24. The number of carbonyl (C=O) groups excluding carboxylic acids is 3. The summed E-state index contributed by atoms with van der Waals surface area (Å²) in [5.74, 6) is -2.03. The zero-order chi connectivity index (χ0) is 29.5. The SMILES string of the molecule is CCOC(=O)c1ccc(N2C(=O)[C@H]3[C@H](c4cc(Br)ccc4OCc4cccc(C)c4)c4sc(=O)[nH]c4S[C@H]3C2=O)cc1. The number of thioether (sulfide) groups is 1. The van der Waals surface area contributed by atoms with E-state index >= 15 is 0 Å². The van der Waals surface area contributed by atoms with E-state index in [1.165, 1.54) is 16.7 Å². The van der Waals surface area contributed by atoms with E-state index in [1.54, 1.807) is 31.2 Å². The lowest BCUT2D eigenvalue weighted by atomic mass is 9.82. The van der Waals surface area contributed by atoms with Gasteiger partial charge in [0.05, 0.1) is 28.8 Å². The van der Waals surface area contributed by atoms with Crippen LogP contribution in [0.25, 0.3) is 0 Å². The topological polar surface area (TPSA) is 106 Å². The number of esters is 1. The van der Waals surface area contributed by atoms with Crippen LogP contribution in [-0.4, -0.2) is 34.6 Å². The van der Waals surface area contributed by atoms with E-state index in [0.29, 0.717) is 39.1 Å². The van der Waals surface area contributed by atoms with Gasteiger partial charge in [-0.25, -0.2) is 9.69 Å². The van der Waals surface area contributed by atoms with Crippen molar-refractivity contribution in [1.82, 2.24) is 4.98 Å². The summed E-state index contributed by atoms with van der Waals surface area (Å²) < 4.78 is 12.2. The highest BCUT2D eigenvalue weighted by Gasteiger charge is 2.56. The number of hydrogen-bond acceptors (Lipinski definition) is 8. The number of nitrogens with zero attached hydrogens (tertiary/aromatic N) is 1. The Morgan fingerprint density at radius 3 is 2.55 bits per heavy atom. The van der Waals surface area contributed by atoms with Crippen LogP contribution in [0.15, 0.2) is 81.0 Å². The van der Waals surface area contributed by atoms with Crippen LogP contribution < -0.4 is 14.5 Å². The van der Waals surface area contributed by atoms with Gasteiger partial charge < -0.3 is 14.5 Å². The van der Waals surface area contributed by atoms with E-state index in [1.807, 2.05) is 49.4 Å².